The fourth-order valence-electron chi connectivity index (χ4n) is 1.56. The van der Waals surface area contributed by atoms with Crippen LogP contribution < -0.4 is 4.74 Å². The summed E-state index contributed by atoms with van der Waals surface area (Å²) in [5, 5.41) is 0.435. The number of nitrogens with zero attached hydrogens (tertiary/aromatic N) is 1. The van der Waals surface area contributed by atoms with Crippen molar-refractivity contribution in [2.75, 3.05) is 25.5 Å². The Hall–Kier alpha value is -0.690. The maximum Gasteiger partial charge on any atom is 0.257 e. The van der Waals surface area contributed by atoms with E-state index in [0.29, 0.717) is 11.1 Å². The first-order valence-electron chi connectivity index (χ1n) is 5.46. The van der Waals surface area contributed by atoms with Crippen molar-refractivity contribution in [3.05, 3.63) is 28.2 Å². The summed E-state index contributed by atoms with van der Waals surface area (Å²) in [5.41, 5.74) is 0.271. The highest BCUT2D eigenvalue weighted by Gasteiger charge is 2.22. The first-order chi connectivity index (χ1) is 8.99. The quantitative estimate of drug-likeness (QED) is 0.683. The summed E-state index contributed by atoms with van der Waals surface area (Å²) in [5.74, 6) is -0.114. The van der Waals surface area contributed by atoms with Crippen LogP contribution in [0.15, 0.2) is 22.7 Å². The molecule has 0 atom stereocenters. The molecule has 0 heterocycles. The van der Waals surface area contributed by atoms with Crippen molar-refractivity contribution in [1.82, 2.24) is 4.90 Å². The number of hydrogen-bond acceptors (Lipinski definition) is 2. The molecule has 0 saturated carbocycles. The molecule has 106 valence electrons. The monoisotopic (exact) mass is 399 g/mol. The van der Waals surface area contributed by atoms with Gasteiger partial charge in [-0.15, -0.1) is 0 Å². The number of amides is 1. The molecule has 0 aliphatic heterocycles. The van der Waals surface area contributed by atoms with Crippen LogP contribution in [0.5, 0.6) is 5.75 Å². The highest BCUT2D eigenvalue weighted by Crippen LogP contribution is 2.25. The summed E-state index contributed by atoms with van der Waals surface area (Å²) >= 11 is 6.41. The zero-order valence-electron chi connectivity index (χ0n) is 10.2. The number of ether oxygens (including phenoxy) is 1. The molecule has 1 aromatic carbocycles. The van der Waals surface area contributed by atoms with Gasteiger partial charge in [0.2, 0.25) is 0 Å². The number of hydrogen-bond donors (Lipinski definition) is 0. The number of carbonyl (C=O) groups is 1. The molecule has 0 spiro atoms. The second kappa shape index (κ2) is 7.79. The maximum absolute atomic E-state index is 12.5. The molecular formula is C12H13Br2F2NO2. The minimum absolute atomic E-state index is 0.211. The zero-order valence-corrected chi connectivity index (χ0v) is 13.4. The Kier molecular flexibility index (Phi) is 6.71. The van der Waals surface area contributed by atoms with Crippen LogP contribution in [0.1, 0.15) is 10.4 Å². The highest BCUT2D eigenvalue weighted by molar-refractivity contribution is 9.10. The summed E-state index contributed by atoms with van der Waals surface area (Å²) in [4.78, 5) is 13.3. The predicted molar refractivity (Wildman–Crippen MR) is 76.4 cm³/mol. The van der Waals surface area contributed by atoms with Crippen LogP contribution in [0.2, 0.25) is 0 Å². The lowest BCUT2D eigenvalue weighted by molar-refractivity contribution is 0.0569. The molecule has 0 fully saturated rings. The Morgan fingerprint density at radius 1 is 1.47 bits per heavy atom. The predicted octanol–water partition coefficient (Wildman–Crippen LogP) is 3.56. The number of carbonyl (C=O) groups excluding carboxylic acids is 1. The van der Waals surface area contributed by atoms with E-state index in [1.807, 2.05) is 0 Å². The minimum atomic E-state index is -2.57. The van der Waals surface area contributed by atoms with E-state index in [4.69, 9.17) is 4.74 Å². The third kappa shape index (κ3) is 4.72. The lowest BCUT2D eigenvalue weighted by Crippen LogP contribution is -2.36. The summed E-state index contributed by atoms with van der Waals surface area (Å²) < 4.78 is 30.8. The van der Waals surface area contributed by atoms with E-state index in [1.165, 1.54) is 7.11 Å². The van der Waals surface area contributed by atoms with Gasteiger partial charge in [0.1, 0.15) is 5.75 Å². The smallest absolute Gasteiger partial charge is 0.257 e. The van der Waals surface area contributed by atoms with Gasteiger partial charge >= 0.3 is 0 Å². The molecule has 0 aliphatic rings. The average Bonchev–Trinajstić information content (AvgIpc) is 2.36. The summed E-state index contributed by atoms with van der Waals surface area (Å²) in [6.07, 6.45) is -2.57. The van der Waals surface area contributed by atoms with Crippen molar-refractivity contribution < 1.29 is 18.3 Å². The molecule has 0 radical (unpaired) electrons. The topological polar surface area (TPSA) is 29.5 Å². The van der Waals surface area contributed by atoms with Crippen molar-refractivity contribution >= 4 is 37.8 Å². The Morgan fingerprint density at radius 3 is 2.68 bits per heavy atom. The van der Waals surface area contributed by atoms with Crippen molar-refractivity contribution in [1.29, 1.82) is 0 Å². The highest BCUT2D eigenvalue weighted by atomic mass is 79.9. The second-order valence-corrected chi connectivity index (χ2v) is 5.38. The molecular weight excluding hydrogens is 388 g/mol. The Labute approximate surface area is 127 Å². The van der Waals surface area contributed by atoms with E-state index >= 15 is 0 Å². The van der Waals surface area contributed by atoms with Crippen LogP contribution in [-0.2, 0) is 0 Å². The van der Waals surface area contributed by atoms with Crippen molar-refractivity contribution in [3.63, 3.8) is 0 Å². The van der Waals surface area contributed by atoms with Crippen LogP contribution in [0.4, 0.5) is 8.78 Å². The number of benzene rings is 1. The van der Waals surface area contributed by atoms with E-state index in [-0.39, 0.29) is 12.1 Å². The van der Waals surface area contributed by atoms with Gasteiger partial charge in [0, 0.05) is 16.3 Å². The molecule has 19 heavy (non-hydrogen) atoms. The van der Waals surface area contributed by atoms with E-state index in [0.717, 1.165) is 9.37 Å². The maximum atomic E-state index is 12.5. The number of halogens is 4. The summed E-state index contributed by atoms with van der Waals surface area (Å²) in [7, 11) is 1.43. The van der Waals surface area contributed by atoms with Crippen LogP contribution >= 0.6 is 31.9 Å². The van der Waals surface area contributed by atoms with Gasteiger partial charge in [-0.25, -0.2) is 8.78 Å². The molecule has 0 unspecified atom stereocenters. The van der Waals surface area contributed by atoms with Crippen LogP contribution in [0.25, 0.3) is 0 Å². The minimum Gasteiger partial charge on any atom is -0.496 e. The fourth-order valence-corrected chi connectivity index (χ4v) is 2.32. The largest absolute Gasteiger partial charge is 0.496 e. The van der Waals surface area contributed by atoms with E-state index in [1.54, 1.807) is 18.2 Å². The van der Waals surface area contributed by atoms with Gasteiger partial charge in [0.15, 0.2) is 0 Å². The van der Waals surface area contributed by atoms with E-state index < -0.39 is 18.9 Å². The zero-order chi connectivity index (χ0) is 14.4. The molecule has 7 heteroatoms. The molecule has 1 aromatic rings. The summed E-state index contributed by atoms with van der Waals surface area (Å²) in [6, 6.07) is 4.85. The molecule has 1 rings (SSSR count). The molecule has 0 aromatic heterocycles. The van der Waals surface area contributed by atoms with Crippen molar-refractivity contribution in [2.45, 2.75) is 6.43 Å². The lowest BCUT2D eigenvalue weighted by Gasteiger charge is -2.22. The number of alkyl halides is 3. The molecule has 0 aliphatic carbocycles. The van der Waals surface area contributed by atoms with Gasteiger partial charge in [-0.3, -0.25) is 4.79 Å². The normalized spacial score (nSPS) is 10.6. The first kappa shape index (κ1) is 16.4. The van der Waals surface area contributed by atoms with E-state index in [2.05, 4.69) is 31.9 Å². The standard InChI is InChI=1S/C12H13Br2F2NO2/c1-19-10-6-8(14)2-3-9(10)12(18)17(5-4-13)7-11(15)16/h2-3,6,11H,4-5,7H2,1H3. The third-order valence-electron chi connectivity index (χ3n) is 2.39. The molecule has 1 amide bonds. The first-order valence-corrected chi connectivity index (χ1v) is 7.38. The van der Waals surface area contributed by atoms with Gasteiger partial charge in [0.25, 0.3) is 12.3 Å². The Balaban J connectivity index is 3.01. The lowest BCUT2D eigenvalue weighted by atomic mass is 10.1. The summed E-state index contributed by atoms with van der Waals surface area (Å²) in [6.45, 7) is -0.383. The SMILES string of the molecule is COc1cc(Br)ccc1C(=O)N(CCBr)CC(F)F. The van der Waals surface area contributed by atoms with Gasteiger partial charge in [-0.2, -0.15) is 0 Å². The molecule has 0 N–H and O–H groups in total. The van der Waals surface area contributed by atoms with Gasteiger partial charge < -0.3 is 9.64 Å². The van der Waals surface area contributed by atoms with Gasteiger partial charge in [-0.1, -0.05) is 31.9 Å². The van der Waals surface area contributed by atoms with Gasteiger partial charge in [0.05, 0.1) is 19.2 Å². The van der Waals surface area contributed by atoms with E-state index in [9.17, 15) is 13.6 Å². The molecule has 0 bridgehead atoms. The van der Waals surface area contributed by atoms with Crippen molar-refractivity contribution in [2.24, 2.45) is 0 Å². The van der Waals surface area contributed by atoms with Crippen LogP contribution in [0.3, 0.4) is 0 Å². The average molecular weight is 401 g/mol. The van der Waals surface area contributed by atoms with Crippen LogP contribution in [0, 0.1) is 0 Å². The van der Waals surface area contributed by atoms with Gasteiger partial charge in [-0.05, 0) is 18.2 Å². The second-order valence-electron chi connectivity index (χ2n) is 3.68. The van der Waals surface area contributed by atoms with Crippen LogP contribution in [-0.4, -0.2) is 42.8 Å². The number of rotatable bonds is 6. The van der Waals surface area contributed by atoms with Crippen molar-refractivity contribution in [3.8, 4) is 5.75 Å². The third-order valence-corrected chi connectivity index (χ3v) is 3.24. The molecule has 3 nitrogen and oxygen atoms in total. The number of methoxy groups -OCH3 is 1. The Morgan fingerprint density at radius 2 is 2.16 bits per heavy atom. The Bertz CT molecular complexity index is 444. The molecule has 0 saturated heterocycles. The fraction of sp³-hybridized carbons (Fsp3) is 0.417.